The van der Waals surface area contributed by atoms with Crippen LogP contribution in [0.1, 0.15) is 44.1 Å². The fourth-order valence-corrected chi connectivity index (χ4v) is 3.19. The van der Waals surface area contributed by atoms with Crippen LogP contribution in [-0.2, 0) is 16.1 Å². The highest BCUT2D eigenvalue weighted by Gasteiger charge is 2.14. The van der Waals surface area contributed by atoms with E-state index in [1.165, 1.54) is 0 Å². The highest BCUT2D eigenvalue weighted by Crippen LogP contribution is 2.22. The van der Waals surface area contributed by atoms with Crippen molar-refractivity contribution in [2.24, 2.45) is 0 Å². The molecule has 0 radical (unpaired) electrons. The number of esters is 1. The Labute approximate surface area is 139 Å². The topological polar surface area (TPSA) is 67.2 Å². The molecule has 0 aliphatic carbocycles. The van der Waals surface area contributed by atoms with Gasteiger partial charge in [0.25, 0.3) is 0 Å². The van der Waals surface area contributed by atoms with Gasteiger partial charge >= 0.3 is 5.97 Å². The molecule has 0 saturated carbocycles. The minimum absolute atomic E-state index is 0.0405. The van der Waals surface area contributed by atoms with Gasteiger partial charge in [-0.2, -0.15) is 5.26 Å². The Balaban J connectivity index is 1.85. The maximum Gasteiger partial charge on any atom is 0.306 e. The summed E-state index contributed by atoms with van der Waals surface area (Å²) >= 11 is 1.58. The van der Waals surface area contributed by atoms with Gasteiger partial charge in [-0.05, 0) is 26.0 Å². The lowest BCUT2D eigenvalue weighted by atomic mass is 10.1. The number of ketones is 1. The lowest BCUT2D eigenvalue weighted by Gasteiger charge is -2.06. The van der Waals surface area contributed by atoms with E-state index in [9.17, 15) is 9.59 Å². The summed E-state index contributed by atoms with van der Waals surface area (Å²) < 4.78 is 5.15. The molecule has 0 bridgehead atoms. The number of hydrogen-bond donors (Lipinski definition) is 0. The number of Topliss-reactive ketones (excluding diaryl/α,β-unsaturated/α-hetero) is 1. The first kappa shape index (κ1) is 16.9. The lowest BCUT2D eigenvalue weighted by molar-refractivity contribution is -0.144. The van der Waals surface area contributed by atoms with Crippen molar-refractivity contribution in [3.8, 4) is 6.07 Å². The van der Waals surface area contributed by atoms with Crippen LogP contribution in [0.4, 0.5) is 0 Å². The number of carbonyl (C=O) groups is 2. The van der Waals surface area contributed by atoms with Gasteiger partial charge in [0.2, 0.25) is 0 Å². The second kappa shape index (κ2) is 7.70. The van der Waals surface area contributed by atoms with E-state index < -0.39 is 5.97 Å². The second-order valence-electron chi connectivity index (χ2n) is 5.18. The molecule has 4 nitrogen and oxygen atoms in total. The van der Waals surface area contributed by atoms with Gasteiger partial charge in [0.05, 0.1) is 18.1 Å². The summed E-state index contributed by atoms with van der Waals surface area (Å²) in [6, 6.07) is 10.9. The normalized spacial score (nSPS) is 10.1. The Morgan fingerprint density at radius 2 is 1.96 bits per heavy atom. The number of rotatable bonds is 6. The van der Waals surface area contributed by atoms with Gasteiger partial charge in [-0.15, -0.1) is 11.3 Å². The zero-order chi connectivity index (χ0) is 16.8. The quantitative estimate of drug-likeness (QED) is 0.595. The van der Waals surface area contributed by atoms with Gasteiger partial charge in [-0.1, -0.05) is 18.2 Å². The van der Waals surface area contributed by atoms with Gasteiger partial charge in [0.15, 0.2) is 5.78 Å². The van der Waals surface area contributed by atoms with Gasteiger partial charge in [-0.25, -0.2) is 0 Å². The number of thiophene rings is 1. The van der Waals surface area contributed by atoms with Gasteiger partial charge < -0.3 is 4.74 Å². The largest absolute Gasteiger partial charge is 0.461 e. The molecule has 0 aliphatic heterocycles. The molecule has 0 amide bonds. The Morgan fingerprint density at radius 3 is 2.61 bits per heavy atom. The molecule has 0 fully saturated rings. The molecule has 0 atom stereocenters. The van der Waals surface area contributed by atoms with Crippen LogP contribution in [0.2, 0.25) is 0 Å². The third-order valence-corrected chi connectivity index (χ3v) is 4.39. The number of carbonyl (C=O) groups excluding carboxylic acids is 2. The van der Waals surface area contributed by atoms with E-state index in [2.05, 4.69) is 6.07 Å². The zero-order valence-corrected chi connectivity index (χ0v) is 13.9. The van der Waals surface area contributed by atoms with Crippen molar-refractivity contribution in [2.75, 3.05) is 0 Å². The molecule has 2 rings (SSSR count). The SMILES string of the molecule is Cc1cc(C(=O)CCC(=O)OCc2ccccc2C#N)c(C)s1. The van der Waals surface area contributed by atoms with Crippen LogP contribution >= 0.6 is 11.3 Å². The van der Waals surface area contributed by atoms with E-state index in [4.69, 9.17) is 10.00 Å². The van der Waals surface area contributed by atoms with Crippen LogP contribution in [-0.4, -0.2) is 11.8 Å². The van der Waals surface area contributed by atoms with Crippen molar-refractivity contribution in [1.82, 2.24) is 0 Å². The Kier molecular flexibility index (Phi) is 5.67. The van der Waals surface area contributed by atoms with Crippen molar-refractivity contribution in [3.05, 3.63) is 56.8 Å². The van der Waals surface area contributed by atoms with E-state index in [1.54, 1.807) is 35.6 Å². The fraction of sp³-hybridized carbons (Fsp3) is 0.278. The Hall–Kier alpha value is -2.45. The van der Waals surface area contributed by atoms with Crippen LogP contribution in [0, 0.1) is 25.2 Å². The van der Waals surface area contributed by atoms with Gasteiger partial charge in [-0.3, -0.25) is 9.59 Å². The van der Waals surface area contributed by atoms with E-state index in [0.717, 1.165) is 9.75 Å². The molecule has 1 heterocycles. The Bertz CT molecular complexity index is 771. The summed E-state index contributed by atoms with van der Waals surface area (Å²) in [4.78, 5) is 26.0. The molecular formula is C18H17NO3S. The molecule has 0 unspecified atom stereocenters. The van der Waals surface area contributed by atoms with Crippen molar-refractivity contribution < 1.29 is 14.3 Å². The van der Waals surface area contributed by atoms with Crippen molar-refractivity contribution in [2.45, 2.75) is 33.3 Å². The third-order valence-electron chi connectivity index (χ3n) is 3.42. The highest BCUT2D eigenvalue weighted by molar-refractivity contribution is 7.12. The van der Waals surface area contributed by atoms with Crippen molar-refractivity contribution >= 4 is 23.1 Å². The smallest absolute Gasteiger partial charge is 0.306 e. The summed E-state index contributed by atoms with van der Waals surface area (Å²) in [7, 11) is 0. The molecule has 23 heavy (non-hydrogen) atoms. The number of nitrogens with zero attached hydrogens (tertiary/aromatic N) is 1. The standard InChI is InChI=1S/C18H17NO3S/c1-12-9-16(13(2)23-12)17(20)7-8-18(21)22-11-15-6-4-3-5-14(15)10-19/h3-6,9H,7-8,11H2,1-2H3. The minimum atomic E-state index is -0.435. The van der Waals surface area contributed by atoms with E-state index in [-0.39, 0.29) is 25.2 Å². The predicted molar refractivity (Wildman–Crippen MR) is 88.3 cm³/mol. The monoisotopic (exact) mass is 327 g/mol. The molecule has 0 saturated heterocycles. The number of hydrogen-bond acceptors (Lipinski definition) is 5. The number of benzene rings is 1. The number of aryl methyl sites for hydroxylation is 2. The Morgan fingerprint density at radius 1 is 1.22 bits per heavy atom. The summed E-state index contributed by atoms with van der Waals surface area (Å²) in [5.41, 5.74) is 1.84. The second-order valence-corrected chi connectivity index (χ2v) is 6.64. The first-order valence-electron chi connectivity index (χ1n) is 7.25. The van der Waals surface area contributed by atoms with Gasteiger partial charge in [0.1, 0.15) is 6.61 Å². The molecule has 2 aromatic rings. The summed E-state index contributed by atoms with van der Waals surface area (Å²) in [5, 5.41) is 8.98. The average Bonchev–Trinajstić information content (AvgIpc) is 2.89. The molecule has 118 valence electrons. The molecule has 0 N–H and O–H groups in total. The van der Waals surface area contributed by atoms with Gasteiger partial charge in [0, 0.05) is 27.3 Å². The summed E-state index contributed by atoms with van der Waals surface area (Å²) in [5.74, 6) is -0.475. The van der Waals surface area contributed by atoms with E-state index >= 15 is 0 Å². The first-order chi connectivity index (χ1) is 11.0. The summed E-state index contributed by atoms with van der Waals surface area (Å²) in [6.45, 7) is 3.91. The molecule has 1 aromatic heterocycles. The van der Waals surface area contributed by atoms with Crippen LogP contribution in [0.3, 0.4) is 0 Å². The number of nitriles is 1. The maximum atomic E-state index is 12.1. The predicted octanol–water partition coefficient (Wildman–Crippen LogP) is 3.94. The molecule has 1 aromatic carbocycles. The molecule has 0 spiro atoms. The first-order valence-corrected chi connectivity index (χ1v) is 8.06. The molecule has 0 aliphatic rings. The van der Waals surface area contributed by atoms with Crippen molar-refractivity contribution in [3.63, 3.8) is 0 Å². The third kappa shape index (κ3) is 4.51. The van der Waals surface area contributed by atoms with Crippen LogP contribution in [0.15, 0.2) is 30.3 Å². The van der Waals surface area contributed by atoms with E-state index in [0.29, 0.717) is 16.7 Å². The maximum absolute atomic E-state index is 12.1. The minimum Gasteiger partial charge on any atom is -0.461 e. The molecular weight excluding hydrogens is 310 g/mol. The highest BCUT2D eigenvalue weighted by atomic mass is 32.1. The summed E-state index contributed by atoms with van der Waals surface area (Å²) in [6.07, 6.45) is 0.178. The average molecular weight is 327 g/mol. The zero-order valence-electron chi connectivity index (χ0n) is 13.1. The number of ether oxygens (including phenoxy) is 1. The lowest BCUT2D eigenvalue weighted by Crippen LogP contribution is -2.09. The van der Waals surface area contributed by atoms with Crippen LogP contribution in [0.25, 0.3) is 0 Å². The van der Waals surface area contributed by atoms with Crippen LogP contribution in [0.5, 0.6) is 0 Å². The van der Waals surface area contributed by atoms with Crippen molar-refractivity contribution in [1.29, 1.82) is 5.26 Å². The van der Waals surface area contributed by atoms with Crippen LogP contribution < -0.4 is 0 Å². The molecule has 5 heteroatoms. The van der Waals surface area contributed by atoms with E-state index in [1.807, 2.05) is 19.9 Å². The fourth-order valence-electron chi connectivity index (χ4n) is 2.24.